The van der Waals surface area contributed by atoms with Crippen molar-refractivity contribution in [1.82, 2.24) is 0 Å². The van der Waals surface area contributed by atoms with Gasteiger partial charge in [-0.15, -0.1) is 0 Å². The number of nitrogens with zero attached hydrogens (tertiary/aromatic N) is 1. The molecule has 0 spiro atoms. The maximum Gasteiger partial charge on any atom is 0.333 e. The molecule has 204 valence electrons. The van der Waals surface area contributed by atoms with Crippen molar-refractivity contribution in [2.45, 2.75) is 53.4 Å². The van der Waals surface area contributed by atoms with Crippen molar-refractivity contribution in [1.29, 1.82) is 0 Å². The quantitative estimate of drug-likeness (QED) is 0.129. The van der Waals surface area contributed by atoms with Crippen molar-refractivity contribution in [3.63, 3.8) is 0 Å². The first kappa shape index (κ1) is 29.4. The van der Waals surface area contributed by atoms with Gasteiger partial charge in [0.25, 0.3) is 0 Å². The summed E-state index contributed by atoms with van der Waals surface area (Å²) in [5.41, 5.74) is 8.75. The summed E-state index contributed by atoms with van der Waals surface area (Å²) in [5, 5.41) is 0. The second-order valence-electron chi connectivity index (χ2n) is 9.62. The lowest BCUT2D eigenvalue weighted by Crippen LogP contribution is -2.11. The molecular weight excluding hydrogens is 486 g/mol. The van der Waals surface area contributed by atoms with Crippen LogP contribution in [0.25, 0.3) is 0 Å². The van der Waals surface area contributed by atoms with E-state index in [4.69, 9.17) is 9.47 Å². The SMILES string of the molecule is C=CC(=O)OCCCc1ccc(N(c2ccc(CCCOC(=O)C(C)=CC)cc2)c2ccc(C)c(C)c2)cc1. The molecule has 0 amide bonds. The van der Waals surface area contributed by atoms with E-state index in [9.17, 15) is 9.59 Å². The fraction of sp³-hybridized carbons (Fsp3) is 0.294. The molecular formula is C34H39NO4. The van der Waals surface area contributed by atoms with E-state index in [0.29, 0.717) is 18.8 Å². The van der Waals surface area contributed by atoms with Gasteiger partial charge < -0.3 is 14.4 Å². The van der Waals surface area contributed by atoms with Crippen LogP contribution in [-0.2, 0) is 31.9 Å². The Balaban J connectivity index is 1.73. The summed E-state index contributed by atoms with van der Waals surface area (Å²) in [6.07, 6.45) is 6.15. The Kier molecular flexibility index (Phi) is 11.1. The van der Waals surface area contributed by atoms with Crippen molar-refractivity contribution < 1.29 is 19.1 Å². The molecule has 39 heavy (non-hydrogen) atoms. The number of esters is 2. The van der Waals surface area contributed by atoms with Crippen LogP contribution >= 0.6 is 0 Å². The molecule has 3 rings (SSSR count). The topological polar surface area (TPSA) is 55.8 Å². The number of benzene rings is 3. The minimum atomic E-state index is -0.386. The van der Waals surface area contributed by atoms with Gasteiger partial charge in [-0.2, -0.15) is 0 Å². The molecule has 0 N–H and O–H groups in total. The van der Waals surface area contributed by atoms with E-state index >= 15 is 0 Å². The Morgan fingerprint density at radius 2 is 1.28 bits per heavy atom. The van der Waals surface area contributed by atoms with Crippen molar-refractivity contribution in [2.75, 3.05) is 18.1 Å². The Hall–Kier alpha value is -4.12. The molecule has 3 aromatic carbocycles. The molecule has 0 heterocycles. The number of allylic oxidation sites excluding steroid dienone is 1. The van der Waals surface area contributed by atoms with Crippen LogP contribution in [0.5, 0.6) is 0 Å². The molecule has 5 nitrogen and oxygen atoms in total. The van der Waals surface area contributed by atoms with Gasteiger partial charge in [0.15, 0.2) is 0 Å². The molecule has 0 saturated heterocycles. The maximum atomic E-state index is 11.8. The number of ether oxygens (including phenoxy) is 2. The Morgan fingerprint density at radius 1 is 0.769 bits per heavy atom. The van der Waals surface area contributed by atoms with Crippen molar-refractivity contribution in [3.8, 4) is 0 Å². The average molecular weight is 526 g/mol. The van der Waals surface area contributed by atoms with Gasteiger partial charge in [0, 0.05) is 28.7 Å². The number of carbonyl (C=O) groups excluding carboxylic acids is 2. The van der Waals surface area contributed by atoms with E-state index in [2.05, 4.69) is 92.1 Å². The summed E-state index contributed by atoms with van der Waals surface area (Å²) in [4.78, 5) is 25.3. The van der Waals surface area contributed by atoms with Gasteiger partial charge in [0.1, 0.15) is 0 Å². The number of rotatable bonds is 13. The molecule has 0 aliphatic carbocycles. The summed E-state index contributed by atoms with van der Waals surface area (Å²) in [6.45, 7) is 12.1. The molecule has 0 aromatic heterocycles. The van der Waals surface area contributed by atoms with Gasteiger partial charge in [-0.1, -0.05) is 43.0 Å². The lowest BCUT2D eigenvalue weighted by atomic mass is 10.1. The smallest absolute Gasteiger partial charge is 0.333 e. The van der Waals surface area contributed by atoms with Gasteiger partial charge in [-0.25, -0.2) is 9.59 Å². The van der Waals surface area contributed by atoms with E-state index in [0.717, 1.165) is 42.7 Å². The van der Waals surface area contributed by atoms with Gasteiger partial charge >= 0.3 is 11.9 Å². The van der Waals surface area contributed by atoms with E-state index in [1.54, 1.807) is 13.0 Å². The fourth-order valence-electron chi connectivity index (χ4n) is 4.12. The van der Waals surface area contributed by atoms with E-state index in [-0.39, 0.29) is 11.9 Å². The summed E-state index contributed by atoms with van der Waals surface area (Å²) in [6, 6.07) is 23.6. The van der Waals surface area contributed by atoms with Gasteiger partial charge in [0.05, 0.1) is 13.2 Å². The summed E-state index contributed by atoms with van der Waals surface area (Å²) in [5.74, 6) is -0.637. The Labute approximate surface area is 232 Å². The fourth-order valence-corrected chi connectivity index (χ4v) is 4.12. The van der Waals surface area contributed by atoms with E-state index < -0.39 is 0 Å². The van der Waals surface area contributed by atoms with Crippen LogP contribution in [0.4, 0.5) is 17.1 Å². The highest BCUT2D eigenvalue weighted by molar-refractivity contribution is 5.87. The number of hydrogen-bond acceptors (Lipinski definition) is 5. The minimum absolute atomic E-state index is 0.251. The molecule has 0 unspecified atom stereocenters. The van der Waals surface area contributed by atoms with Crippen LogP contribution in [0.1, 0.15) is 48.9 Å². The summed E-state index contributed by atoms with van der Waals surface area (Å²) in [7, 11) is 0. The Morgan fingerprint density at radius 3 is 1.77 bits per heavy atom. The lowest BCUT2D eigenvalue weighted by Gasteiger charge is -2.26. The first-order valence-corrected chi connectivity index (χ1v) is 13.5. The molecule has 3 aromatic rings. The zero-order valence-electron chi connectivity index (χ0n) is 23.5. The van der Waals surface area contributed by atoms with Crippen molar-refractivity contribution in [2.24, 2.45) is 0 Å². The highest BCUT2D eigenvalue weighted by atomic mass is 16.5. The minimum Gasteiger partial charge on any atom is -0.463 e. The van der Waals surface area contributed by atoms with Gasteiger partial charge in [-0.05, 0) is 112 Å². The molecule has 0 fully saturated rings. The highest BCUT2D eigenvalue weighted by Gasteiger charge is 2.14. The predicted molar refractivity (Wildman–Crippen MR) is 159 cm³/mol. The predicted octanol–water partition coefficient (Wildman–Crippen LogP) is 7.88. The molecule has 0 aliphatic rings. The highest BCUT2D eigenvalue weighted by Crippen LogP contribution is 2.35. The standard InChI is InChI=1S/C34H39NO4/c1-6-25(3)34(37)39-23-9-11-29-15-20-31(21-16-29)35(32-17-12-26(4)27(5)24-32)30-18-13-28(14-19-30)10-8-22-38-33(36)7-2/h6-7,12-21,24H,2,8-11,22-23H2,1,3-5H3. The average Bonchev–Trinajstić information content (AvgIpc) is 2.96. The van der Waals surface area contributed by atoms with Crippen LogP contribution in [0.3, 0.4) is 0 Å². The summed E-state index contributed by atoms with van der Waals surface area (Å²) >= 11 is 0. The second kappa shape index (κ2) is 14.7. The van der Waals surface area contributed by atoms with Crippen molar-refractivity contribution >= 4 is 29.0 Å². The van der Waals surface area contributed by atoms with Crippen LogP contribution < -0.4 is 4.90 Å². The van der Waals surface area contributed by atoms with Crippen LogP contribution in [0.2, 0.25) is 0 Å². The number of aryl methyl sites for hydroxylation is 4. The maximum absolute atomic E-state index is 11.8. The molecule has 5 heteroatoms. The second-order valence-corrected chi connectivity index (χ2v) is 9.62. The number of carbonyl (C=O) groups is 2. The van der Waals surface area contributed by atoms with E-state index in [1.807, 2.05) is 6.92 Å². The number of anilines is 3. The van der Waals surface area contributed by atoms with Gasteiger partial charge in [0.2, 0.25) is 0 Å². The summed E-state index contributed by atoms with van der Waals surface area (Å²) < 4.78 is 10.4. The van der Waals surface area contributed by atoms with Crippen LogP contribution in [0.15, 0.2) is 91.0 Å². The third-order valence-electron chi connectivity index (χ3n) is 6.76. The lowest BCUT2D eigenvalue weighted by molar-refractivity contribution is -0.139. The molecule has 0 aliphatic heterocycles. The van der Waals surface area contributed by atoms with Crippen LogP contribution in [-0.4, -0.2) is 25.2 Å². The third-order valence-corrected chi connectivity index (χ3v) is 6.76. The normalized spacial score (nSPS) is 11.1. The molecule has 0 bridgehead atoms. The largest absolute Gasteiger partial charge is 0.463 e. The molecule has 0 radical (unpaired) electrons. The van der Waals surface area contributed by atoms with Gasteiger partial charge in [-0.3, -0.25) is 0 Å². The Bertz CT molecular complexity index is 1290. The monoisotopic (exact) mass is 525 g/mol. The zero-order chi connectivity index (χ0) is 28.2. The van der Waals surface area contributed by atoms with Crippen molar-refractivity contribution in [3.05, 3.63) is 113 Å². The van der Waals surface area contributed by atoms with Crippen LogP contribution in [0, 0.1) is 13.8 Å². The first-order valence-electron chi connectivity index (χ1n) is 13.5. The number of hydrogen-bond donors (Lipinski definition) is 0. The third kappa shape index (κ3) is 8.71. The van der Waals surface area contributed by atoms with E-state index in [1.165, 1.54) is 28.3 Å². The molecule has 0 saturated carbocycles. The molecule has 0 atom stereocenters. The first-order chi connectivity index (χ1) is 18.8. The zero-order valence-corrected chi connectivity index (χ0v) is 23.5.